The molecule has 2 aliphatic heterocycles. The molecule has 2 aliphatic rings. The van der Waals surface area contributed by atoms with Gasteiger partial charge in [-0.3, -0.25) is 14.7 Å². The van der Waals surface area contributed by atoms with Crippen molar-refractivity contribution in [1.29, 1.82) is 0 Å². The van der Waals surface area contributed by atoms with Crippen molar-refractivity contribution in [3.63, 3.8) is 0 Å². The molecule has 1 atom stereocenters. The molecular weight excluding hydrogens is 460 g/mol. The van der Waals surface area contributed by atoms with E-state index in [0.29, 0.717) is 26.2 Å². The van der Waals surface area contributed by atoms with Crippen LogP contribution in [0.4, 0.5) is 0 Å². The molecule has 1 aromatic carbocycles. The Morgan fingerprint density at radius 1 is 1.16 bits per heavy atom. The number of morpholine rings is 1. The number of nitrogens with one attached hydrogen (secondary N) is 2. The molecule has 0 spiro atoms. The number of rotatable bonds is 7. The minimum atomic E-state index is -4.08. The molecule has 32 heavy (non-hydrogen) atoms. The smallest absolute Gasteiger partial charge is 0.326 e. The first-order valence-electron chi connectivity index (χ1n) is 10.4. The molecule has 2 aromatic rings. The fourth-order valence-electron chi connectivity index (χ4n) is 4.22. The molecule has 1 aromatic heterocycles. The van der Waals surface area contributed by atoms with Gasteiger partial charge in [0.15, 0.2) is 9.84 Å². The average Bonchev–Trinajstić information content (AvgIpc) is 3.10. The van der Waals surface area contributed by atoms with Crippen LogP contribution in [0, 0.1) is 0 Å². The first-order chi connectivity index (χ1) is 15.2. The van der Waals surface area contributed by atoms with Crippen LogP contribution in [0.2, 0.25) is 0 Å². The lowest BCUT2D eigenvalue weighted by atomic mass is 10.2. The van der Waals surface area contributed by atoms with E-state index in [1.807, 2.05) is 0 Å². The Morgan fingerprint density at radius 3 is 2.59 bits per heavy atom. The van der Waals surface area contributed by atoms with Crippen LogP contribution >= 0.6 is 0 Å². The van der Waals surface area contributed by atoms with Crippen molar-refractivity contribution in [3.8, 4) is 0 Å². The molecule has 0 amide bonds. The third-order valence-electron chi connectivity index (χ3n) is 5.89. The summed E-state index contributed by atoms with van der Waals surface area (Å²) in [6.45, 7) is 3.66. The number of sulfone groups is 1. The highest BCUT2D eigenvalue weighted by atomic mass is 32.2. The van der Waals surface area contributed by atoms with Crippen molar-refractivity contribution in [2.24, 2.45) is 0 Å². The number of sulfonamides is 1. The van der Waals surface area contributed by atoms with Crippen molar-refractivity contribution in [1.82, 2.24) is 19.2 Å². The van der Waals surface area contributed by atoms with E-state index in [1.54, 1.807) is 0 Å². The van der Waals surface area contributed by atoms with Gasteiger partial charge in [0.2, 0.25) is 10.0 Å². The van der Waals surface area contributed by atoms with E-state index in [0.717, 1.165) is 13.1 Å². The number of benzene rings is 1. The summed E-state index contributed by atoms with van der Waals surface area (Å²) in [5.41, 5.74) is -1.15. The topological polar surface area (TPSA) is 150 Å². The fraction of sp³-hybridized carbons (Fsp3) is 0.579. The lowest BCUT2D eigenvalue weighted by molar-refractivity contribution is 0.0367. The van der Waals surface area contributed by atoms with Gasteiger partial charge in [0.1, 0.15) is 0 Å². The van der Waals surface area contributed by atoms with Crippen LogP contribution in [-0.2, 0) is 24.6 Å². The van der Waals surface area contributed by atoms with Crippen molar-refractivity contribution < 1.29 is 21.6 Å². The lowest BCUT2D eigenvalue weighted by Gasteiger charge is -2.30. The highest BCUT2D eigenvalue weighted by molar-refractivity contribution is 7.92. The van der Waals surface area contributed by atoms with Gasteiger partial charge < -0.3 is 9.72 Å². The van der Waals surface area contributed by atoms with Gasteiger partial charge in [-0.1, -0.05) is 0 Å². The van der Waals surface area contributed by atoms with Crippen molar-refractivity contribution in [2.75, 3.05) is 50.9 Å². The zero-order valence-corrected chi connectivity index (χ0v) is 19.1. The third kappa shape index (κ3) is 4.96. The summed E-state index contributed by atoms with van der Waals surface area (Å²) >= 11 is 0. The number of H-pyrrole nitrogens is 2. The zero-order valence-electron chi connectivity index (χ0n) is 17.4. The molecule has 3 heterocycles. The number of aromatic nitrogens is 2. The van der Waals surface area contributed by atoms with E-state index in [9.17, 15) is 26.4 Å². The van der Waals surface area contributed by atoms with Gasteiger partial charge in [0.05, 0.1) is 40.5 Å². The molecule has 11 nitrogen and oxygen atoms in total. The number of fused-ring (bicyclic) bond motifs is 1. The minimum absolute atomic E-state index is 0.0398. The SMILES string of the molecule is O=c1[nH]c(=O)c2cc(S(=O)(=O)N(CCCN3CCOCC3)C3CCS(=O)(=O)C3)ccc2[nH]1. The molecular formula is C19H26N4O7S2. The fourth-order valence-corrected chi connectivity index (χ4v) is 7.76. The monoisotopic (exact) mass is 486 g/mol. The van der Waals surface area contributed by atoms with E-state index in [-0.39, 0.29) is 40.3 Å². The molecule has 0 bridgehead atoms. The van der Waals surface area contributed by atoms with Crippen LogP contribution in [0.5, 0.6) is 0 Å². The summed E-state index contributed by atoms with van der Waals surface area (Å²) in [4.78, 5) is 30.3. The van der Waals surface area contributed by atoms with Gasteiger partial charge in [-0.25, -0.2) is 21.6 Å². The van der Waals surface area contributed by atoms with Crippen molar-refractivity contribution >= 4 is 30.8 Å². The summed E-state index contributed by atoms with van der Waals surface area (Å²) in [6.07, 6.45) is 0.776. The predicted octanol–water partition coefficient (Wildman–Crippen LogP) is -0.883. The Morgan fingerprint density at radius 2 is 1.91 bits per heavy atom. The van der Waals surface area contributed by atoms with Gasteiger partial charge in [-0.15, -0.1) is 0 Å². The van der Waals surface area contributed by atoms with Gasteiger partial charge >= 0.3 is 5.69 Å². The second-order valence-corrected chi connectivity index (χ2v) is 12.2. The summed E-state index contributed by atoms with van der Waals surface area (Å²) in [7, 11) is -7.38. The average molecular weight is 487 g/mol. The maximum absolute atomic E-state index is 13.5. The first kappa shape index (κ1) is 23.1. The van der Waals surface area contributed by atoms with E-state index < -0.39 is 37.2 Å². The number of hydrogen-bond acceptors (Lipinski definition) is 8. The van der Waals surface area contributed by atoms with Crippen molar-refractivity contribution in [3.05, 3.63) is 39.0 Å². The Balaban J connectivity index is 1.63. The Hall–Kier alpha value is -2.06. The molecule has 0 radical (unpaired) electrons. The number of aromatic amines is 2. The number of hydrogen-bond donors (Lipinski definition) is 2. The molecule has 176 valence electrons. The van der Waals surface area contributed by atoms with Crippen LogP contribution < -0.4 is 11.2 Å². The van der Waals surface area contributed by atoms with E-state index in [2.05, 4.69) is 14.9 Å². The normalized spacial score (nSPS) is 22.0. The minimum Gasteiger partial charge on any atom is -0.379 e. The molecule has 13 heteroatoms. The molecule has 2 fully saturated rings. The highest BCUT2D eigenvalue weighted by Crippen LogP contribution is 2.26. The van der Waals surface area contributed by atoms with Crippen LogP contribution in [0.1, 0.15) is 12.8 Å². The maximum Gasteiger partial charge on any atom is 0.326 e. The van der Waals surface area contributed by atoms with Crippen LogP contribution in [0.3, 0.4) is 0 Å². The number of nitrogens with zero attached hydrogens (tertiary/aromatic N) is 2. The predicted molar refractivity (Wildman–Crippen MR) is 118 cm³/mol. The number of ether oxygens (including phenoxy) is 1. The second kappa shape index (κ2) is 9.06. The van der Waals surface area contributed by atoms with Gasteiger partial charge in [0.25, 0.3) is 5.56 Å². The van der Waals surface area contributed by atoms with Crippen molar-refractivity contribution in [2.45, 2.75) is 23.8 Å². The van der Waals surface area contributed by atoms with Crippen LogP contribution in [-0.4, -0.2) is 92.9 Å². The molecule has 4 rings (SSSR count). The summed E-state index contributed by atoms with van der Waals surface area (Å²) in [5.74, 6) is -0.267. The van der Waals surface area contributed by atoms with E-state index >= 15 is 0 Å². The Bertz CT molecular complexity index is 1310. The first-order valence-corrected chi connectivity index (χ1v) is 13.7. The summed E-state index contributed by atoms with van der Waals surface area (Å²) < 4.78 is 57.8. The quantitative estimate of drug-likeness (QED) is 0.512. The highest BCUT2D eigenvalue weighted by Gasteiger charge is 2.38. The Kier molecular flexibility index (Phi) is 6.54. The third-order valence-corrected chi connectivity index (χ3v) is 9.59. The maximum atomic E-state index is 13.5. The molecule has 0 saturated carbocycles. The zero-order chi connectivity index (χ0) is 22.9. The summed E-state index contributed by atoms with van der Waals surface area (Å²) in [6, 6.07) is 3.26. The largest absolute Gasteiger partial charge is 0.379 e. The molecule has 0 aliphatic carbocycles. The van der Waals surface area contributed by atoms with Gasteiger partial charge in [-0.05, 0) is 37.6 Å². The molecule has 1 unspecified atom stereocenters. The molecule has 2 saturated heterocycles. The van der Waals surface area contributed by atoms with Gasteiger partial charge in [0, 0.05) is 25.7 Å². The second-order valence-electron chi connectivity index (χ2n) is 8.10. The molecule has 2 N–H and O–H groups in total. The van der Waals surface area contributed by atoms with E-state index in [4.69, 9.17) is 4.74 Å². The van der Waals surface area contributed by atoms with Gasteiger partial charge in [-0.2, -0.15) is 4.31 Å². The van der Waals surface area contributed by atoms with E-state index in [1.165, 1.54) is 22.5 Å². The van der Waals surface area contributed by atoms with Crippen LogP contribution in [0.25, 0.3) is 10.9 Å². The van der Waals surface area contributed by atoms with Crippen LogP contribution in [0.15, 0.2) is 32.7 Å². The lowest BCUT2D eigenvalue weighted by Crippen LogP contribution is -2.43. The summed E-state index contributed by atoms with van der Waals surface area (Å²) in [5, 5.41) is 0.0398. The Labute approximate surface area is 185 Å². The standard InChI is InChI=1S/C19H26N4O7S2/c24-18-16-12-15(2-3-17(16)20-19(25)21-18)32(28,29)23(14-4-11-31(26,27)13-14)6-1-5-22-7-9-30-10-8-22/h2-3,12,14H,1,4-11,13H2,(H2,20,21,24,25).